The van der Waals surface area contributed by atoms with E-state index in [1.807, 2.05) is 0 Å². The van der Waals surface area contributed by atoms with Crippen LogP contribution >= 0.6 is 0 Å². The van der Waals surface area contributed by atoms with Crippen LogP contribution in [-0.4, -0.2) is 82.5 Å². The van der Waals surface area contributed by atoms with Crippen molar-refractivity contribution in [3.63, 3.8) is 0 Å². The van der Waals surface area contributed by atoms with Gasteiger partial charge in [0.2, 0.25) is 11.8 Å². The first-order valence-electron chi connectivity index (χ1n) is 13.6. The highest BCUT2D eigenvalue weighted by atomic mass is 19.4. The first-order chi connectivity index (χ1) is 19.6. The van der Waals surface area contributed by atoms with Crippen molar-refractivity contribution in [3.8, 4) is 5.75 Å². The van der Waals surface area contributed by atoms with E-state index >= 15 is 0 Å². The van der Waals surface area contributed by atoms with Crippen LogP contribution in [0, 0.1) is 16.0 Å². The Labute approximate surface area is 235 Å². The number of piperazine rings is 1. The largest absolute Gasteiger partial charge is 0.573 e. The summed E-state index contributed by atoms with van der Waals surface area (Å²) in [6.07, 6.45) is -0.170. The number of aromatic nitrogens is 2. The van der Waals surface area contributed by atoms with Gasteiger partial charge >= 0.3 is 18.1 Å². The summed E-state index contributed by atoms with van der Waals surface area (Å²) in [5.41, 5.74) is -0.0649. The average molecular weight is 582 g/mol. The summed E-state index contributed by atoms with van der Waals surface area (Å²) in [6, 6.07) is 6.10. The molecule has 1 aromatic heterocycles. The summed E-state index contributed by atoms with van der Waals surface area (Å²) in [4.78, 5) is 35.3. The molecule has 0 radical (unpaired) electrons. The lowest BCUT2D eigenvalue weighted by Crippen LogP contribution is -2.52. The summed E-state index contributed by atoms with van der Waals surface area (Å²) >= 11 is 0. The summed E-state index contributed by atoms with van der Waals surface area (Å²) in [6.45, 7) is 5.48. The fraction of sp³-hybridized carbons (Fsp3) is 0.577. The minimum absolute atomic E-state index is 0.0329. The maximum absolute atomic E-state index is 12.7. The molecule has 1 aliphatic heterocycles. The number of nitrogens with one attached hydrogen (secondary N) is 2. The summed E-state index contributed by atoms with van der Waals surface area (Å²) < 4.78 is 47.3. The topological polar surface area (TPSA) is 135 Å². The smallest absolute Gasteiger partial charge is 0.450 e. The number of nitrogens with zero attached hydrogens (tertiary/aromatic N) is 5. The monoisotopic (exact) mass is 581 g/mol. The first kappa shape index (κ1) is 30.1. The number of alkyl halides is 3. The highest BCUT2D eigenvalue weighted by Gasteiger charge is 2.32. The first-order valence-corrected chi connectivity index (χ1v) is 13.6. The van der Waals surface area contributed by atoms with Crippen LogP contribution in [0.5, 0.6) is 5.75 Å². The Morgan fingerprint density at radius 3 is 2.49 bits per heavy atom. The van der Waals surface area contributed by atoms with Gasteiger partial charge in [-0.15, -0.1) is 13.2 Å². The van der Waals surface area contributed by atoms with Crippen LogP contribution in [0.4, 0.5) is 35.4 Å². The molecule has 1 aliphatic carbocycles. The fourth-order valence-corrected chi connectivity index (χ4v) is 5.21. The molecular weight excluding hydrogens is 547 g/mol. The van der Waals surface area contributed by atoms with Gasteiger partial charge in [-0.2, -0.15) is 4.98 Å². The Kier molecular flexibility index (Phi) is 10.0. The van der Waals surface area contributed by atoms with Crippen LogP contribution < -0.4 is 15.4 Å². The maximum atomic E-state index is 12.7. The zero-order chi connectivity index (χ0) is 29.4. The molecule has 4 rings (SSSR count). The molecule has 41 heavy (non-hydrogen) atoms. The van der Waals surface area contributed by atoms with E-state index in [9.17, 15) is 28.1 Å². The van der Waals surface area contributed by atoms with E-state index in [0.29, 0.717) is 38.2 Å². The van der Waals surface area contributed by atoms with Gasteiger partial charge in [0.1, 0.15) is 11.9 Å². The highest BCUT2D eigenvalue weighted by Crippen LogP contribution is 2.31. The molecule has 12 nitrogen and oxygen atoms in total. The van der Waals surface area contributed by atoms with E-state index in [1.165, 1.54) is 18.2 Å². The number of para-hydroxylation sites is 1. The van der Waals surface area contributed by atoms with Gasteiger partial charge in [-0.25, -0.2) is 9.78 Å². The van der Waals surface area contributed by atoms with Crippen molar-refractivity contribution in [2.75, 3.05) is 50.0 Å². The molecule has 1 amide bonds. The van der Waals surface area contributed by atoms with Crippen LogP contribution in [0.2, 0.25) is 0 Å². The van der Waals surface area contributed by atoms with Crippen LogP contribution in [-0.2, 0) is 11.3 Å². The van der Waals surface area contributed by atoms with Gasteiger partial charge in [-0.05, 0) is 44.6 Å². The molecule has 0 atom stereocenters. The number of nitro groups is 1. The van der Waals surface area contributed by atoms with E-state index in [1.54, 1.807) is 17.9 Å². The Balaban J connectivity index is 1.29. The van der Waals surface area contributed by atoms with Gasteiger partial charge in [0, 0.05) is 50.9 Å². The van der Waals surface area contributed by atoms with Crippen LogP contribution in [0.1, 0.15) is 38.2 Å². The molecule has 2 N–H and O–H groups in total. The molecule has 1 aromatic carbocycles. The number of carbonyl (C=O) groups excluding carboxylic acids is 1. The Morgan fingerprint density at radius 2 is 1.83 bits per heavy atom. The number of hydrogen-bond acceptors (Lipinski definition) is 10. The second-order valence-electron chi connectivity index (χ2n) is 9.97. The van der Waals surface area contributed by atoms with Crippen LogP contribution in [0.3, 0.4) is 0 Å². The number of halogens is 3. The molecule has 15 heteroatoms. The molecule has 2 heterocycles. The Hall–Kier alpha value is -3.88. The van der Waals surface area contributed by atoms with E-state index < -0.39 is 11.3 Å². The Morgan fingerprint density at radius 1 is 1.12 bits per heavy atom. The summed E-state index contributed by atoms with van der Waals surface area (Å²) in [7, 11) is 0. The zero-order valence-corrected chi connectivity index (χ0v) is 22.7. The molecule has 2 aromatic rings. The fourth-order valence-electron chi connectivity index (χ4n) is 5.21. The SMILES string of the molecule is CCOC(=O)N1CCN([C@H]2CC[C@H](CNc3nc(NCc4ccccc4OC(F)(F)F)ncc3[N+](=O)[O-])CC2)CC1. The quantitative estimate of drug-likeness (QED) is 0.302. The summed E-state index contributed by atoms with van der Waals surface area (Å²) in [5, 5.41) is 17.5. The lowest BCUT2D eigenvalue weighted by Gasteiger charge is -2.41. The molecule has 0 bridgehead atoms. The van der Waals surface area contributed by atoms with Gasteiger partial charge in [0.15, 0.2) is 0 Å². The number of rotatable bonds is 10. The maximum Gasteiger partial charge on any atom is 0.573 e. The van der Waals surface area contributed by atoms with Crippen molar-refractivity contribution >= 4 is 23.5 Å². The summed E-state index contributed by atoms with van der Waals surface area (Å²) in [5.74, 6) is 0.0174. The molecular formula is C26H34F3N7O5. The zero-order valence-electron chi connectivity index (χ0n) is 22.7. The molecule has 1 saturated heterocycles. The highest BCUT2D eigenvalue weighted by molar-refractivity contribution is 5.67. The predicted molar refractivity (Wildman–Crippen MR) is 144 cm³/mol. The van der Waals surface area contributed by atoms with Crippen LogP contribution in [0.25, 0.3) is 0 Å². The van der Waals surface area contributed by atoms with Crippen LogP contribution in [0.15, 0.2) is 30.5 Å². The molecule has 0 spiro atoms. The molecule has 2 fully saturated rings. The molecule has 2 aliphatic rings. The lowest BCUT2D eigenvalue weighted by molar-refractivity contribution is -0.384. The van der Waals surface area contributed by atoms with Crippen molar-refractivity contribution in [1.82, 2.24) is 19.8 Å². The van der Waals surface area contributed by atoms with Gasteiger partial charge in [0.05, 0.1) is 11.5 Å². The lowest BCUT2D eigenvalue weighted by atomic mass is 9.85. The van der Waals surface area contributed by atoms with E-state index in [0.717, 1.165) is 45.0 Å². The second-order valence-corrected chi connectivity index (χ2v) is 9.97. The molecule has 224 valence electrons. The van der Waals surface area contributed by atoms with E-state index in [4.69, 9.17) is 4.74 Å². The minimum atomic E-state index is -4.84. The molecule has 1 saturated carbocycles. The molecule has 0 unspecified atom stereocenters. The third-order valence-corrected chi connectivity index (χ3v) is 7.33. The van der Waals surface area contributed by atoms with E-state index in [-0.39, 0.29) is 41.4 Å². The number of anilines is 2. The van der Waals surface area contributed by atoms with Crippen molar-refractivity contribution in [3.05, 3.63) is 46.1 Å². The van der Waals surface area contributed by atoms with E-state index in [2.05, 4.69) is 30.2 Å². The van der Waals surface area contributed by atoms with Gasteiger partial charge in [-0.1, -0.05) is 18.2 Å². The van der Waals surface area contributed by atoms with Crippen molar-refractivity contribution in [1.29, 1.82) is 0 Å². The normalized spacial score (nSPS) is 19.9. The number of ether oxygens (including phenoxy) is 2. The third-order valence-electron chi connectivity index (χ3n) is 7.33. The third kappa shape index (κ3) is 8.55. The van der Waals surface area contributed by atoms with Gasteiger partial charge in [-0.3, -0.25) is 15.0 Å². The Bertz CT molecular complexity index is 1190. The number of benzene rings is 1. The standard InChI is InChI=1S/C26H34F3N7O5/c1-2-40-25(37)35-13-11-34(12-14-35)20-9-7-18(8-10-20)15-30-23-21(36(38)39)17-32-24(33-23)31-16-19-5-3-4-6-22(19)41-26(27,28)29/h3-6,17-18,20H,2,7-16H2,1H3,(H2,30,31,32,33)/t18-,20-. The van der Waals surface area contributed by atoms with Crippen molar-refractivity contribution < 1.29 is 32.4 Å². The number of carbonyl (C=O) groups is 1. The second kappa shape index (κ2) is 13.7. The van der Waals surface area contributed by atoms with Gasteiger partial charge in [0.25, 0.3) is 0 Å². The minimum Gasteiger partial charge on any atom is -0.450 e. The van der Waals surface area contributed by atoms with Gasteiger partial charge < -0.3 is 25.0 Å². The van der Waals surface area contributed by atoms with Crippen molar-refractivity contribution in [2.24, 2.45) is 5.92 Å². The number of amides is 1. The van der Waals surface area contributed by atoms with Crippen molar-refractivity contribution in [2.45, 2.75) is 51.6 Å². The number of hydrogen-bond donors (Lipinski definition) is 2. The predicted octanol–water partition coefficient (Wildman–Crippen LogP) is 4.64. The average Bonchev–Trinajstić information content (AvgIpc) is 2.95.